The molecule has 0 bridgehead atoms. The van der Waals surface area contributed by atoms with E-state index in [1.807, 2.05) is 5.38 Å². The van der Waals surface area contributed by atoms with E-state index < -0.39 is 37.1 Å². The maximum absolute atomic E-state index is 11.4. The summed E-state index contributed by atoms with van der Waals surface area (Å²) in [6.07, 6.45) is -1.39. The van der Waals surface area contributed by atoms with Crippen molar-refractivity contribution >= 4 is 38.9 Å². The van der Waals surface area contributed by atoms with Crippen LogP contribution < -0.4 is 0 Å². The quantitative estimate of drug-likeness (QED) is 0.330. The van der Waals surface area contributed by atoms with Crippen LogP contribution in [0.25, 0.3) is 16.4 Å². The fourth-order valence-corrected chi connectivity index (χ4v) is 5.11. The topological polar surface area (TPSA) is 144 Å². The number of aliphatic hydroxyl groups excluding tert-OH is 3. The number of nitrogens with zero attached hydrogens (tertiary/aromatic N) is 7. The average Bonchev–Trinajstić information content (AvgIpc) is 3.57. The Morgan fingerprint density at radius 1 is 1.26 bits per heavy atom. The Balaban J connectivity index is 1.56. The number of hydrogen-bond donors (Lipinski definition) is 3. The molecule has 4 heterocycles. The third-order valence-electron chi connectivity index (χ3n) is 5.49. The zero-order chi connectivity index (χ0) is 24.0. The predicted octanol–water partition coefficient (Wildman–Crippen LogP) is 2.10. The largest absolute Gasteiger partial charge is 0.394 e. The van der Waals surface area contributed by atoms with Gasteiger partial charge in [0.05, 0.1) is 18.5 Å². The van der Waals surface area contributed by atoms with Gasteiger partial charge in [-0.15, -0.1) is 16.4 Å². The number of aryl methyl sites for hydroxylation is 1. The molecule has 1 aromatic carbocycles. The highest BCUT2D eigenvalue weighted by Gasteiger charge is 2.48. The first-order valence-electron chi connectivity index (χ1n) is 10.2. The summed E-state index contributed by atoms with van der Waals surface area (Å²) in [6.45, 7) is 1.23. The van der Waals surface area contributed by atoms with Crippen molar-refractivity contribution in [2.75, 3.05) is 6.61 Å². The van der Waals surface area contributed by atoms with Crippen molar-refractivity contribution in [1.29, 1.82) is 0 Å². The van der Waals surface area contributed by atoms with Crippen LogP contribution in [0.3, 0.4) is 0 Å². The highest BCUT2D eigenvalue weighted by atomic mass is 79.9. The Labute approximate surface area is 210 Å². The molecule has 3 aromatic heterocycles. The Morgan fingerprint density at radius 3 is 2.82 bits per heavy atom. The van der Waals surface area contributed by atoms with E-state index in [-0.39, 0.29) is 5.82 Å². The molecular weight excluding hydrogens is 550 g/mol. The van der Waals surface area contributed by atoms with E-state index in [1.54, 1.807) is 37.5 Å². The van der Waals surface area contributed by atoms with Gasteiger partial charge in [0.25, 0.3) is 0 Å². The lowest BCUT2D eigenvalue weighted by atomic mass is 9.92. The van der Waals surface area contributed by atoms with Gasteiger partial charge in [0.2, 0.25) is 0 Å². The lowest BCUT2D eigenvalue weighted by Gasteiger charge is -2.41. The molecule has 0 amide bonds. The Bertz CT molecular complexity index is 1300. The lowest BCUT2D eigenvalue weighted by molar-refractivity contribution is -0.210. The van der Waals surface area contributed by atoms with Gasteiger partial charge in [-0.25, -0.2) is 19.3 Å². The van der Waals surface area contributed by atoms with E-state index in [4.69, 9.17) is 16.3 Å². The van der Waals surface area contributed by atoms with Crippen LogP contribution in [0.4, 0.5) is 0 Å². The van der Waals surface area contributed by atoms with Crippen LogP contribution in [-0.4, -0.2) is 75.0 Å². The summed E-state index contributed by atoms with van der Waals surface area (Å²) in [4.78, 5) is 8.70. The van der Waals surface area contributed by atoms with Crippen LogP contribution in [0.5, 0.6) is 0 Å². The summed E-state index contributed by atoms with van der Waals surface area (Å²) >= 11 is 11.1. The SMILES string of the molecule is Cc1nc([C@H]2O[C@@H](CO)[C@@H](O)[C@@H](n3cc(-c4nccs4)nn3)[C@@H]2O)n(-c2cc(Cl)ccc2Br)n1. The molecule has 4 aromatic rings. The van der Waals surface area contributed by atoms with Gasteiger partial charge >= 0.3 is 0 Å². The van der Waals surface area contributed by atoms with Crippen LogP contribution in [0.1, 0.15) is 23.8 Å². The molecule has 0 aliphatic carbocycles. The Kier molecular flexibility index (Phi) is 6.50. The van der Waals surface area contributed by atoms with Gasteiger partial charge in [0.1, 0.15) is 47.0 Å². The van der Waals surface area contributed by atoms with Gasteiger partial charge < -0.3 is 20.1 Å². The number of thiazole rings is 1. The molecule has 1 fully saturated rings. The molecule has 1 saturated heterocycles. The second-order valence-corrected chi connectivity index (χ2v) is 9.88. The third-order valence-corrected chi connectivity index (χ3v) is 7.19. The highest BCUT2D eigenvalue weighted by Crippen LogP contribution is 2.39. The van der Waals surface area contributed by atoms with Gasteiger partial charge in [-0.1, -0.05) is 16.8 Å². The fourth-order valence-electron chi connectivity index (χ4n) is 3.94. The lowest BCUT2D eigenvalue weighted by Crippen LogP contribution is -2.53. The average molecular weight is 569 g/mol. The molecule has 11 nitrogen and oxygen atoms in total. The smallest absolute Gasteiger partial charge is 0.164 e. The molecule has 0 spiro atoms. The second kappa shape index (κ2) is 9.41. The van der Waals surface area contributed by atoms with Crippen molar-refractivity contribution < 1.29 is 20.1 Å². The molecule has 5 atom stereocenters. The van der Waals surface area contributed by atoms with Gasteiger partial charge in [-0.2, -0.15) is 5.10 Å². The maximum atomic E-state index is 11.4. The van der Waals surface area contributed by atoms with E-state index in [0.29, 0.717) is 31.7 Å². The zero-order valence-corrected chi connectivity index (χ0v) is 20.8. The van der Waals surface area contributed by atoms with E-state index in [9.17, 15) is 15.3 Å². The highest BCUT2D eigenvalue weighted by molar-refractivity contribution is 9.10. The number of hydrogen-bond acceptors (Lipinski definition) is 10. The molecule has 0 radical (unpaired) electrons. The molecule has 0 saturated carbocycles. The van der Waals surface area contributed by atoms with Crippen molar-refractivity contribution in [2.45, 2.75) is 37.4 Å². The second-order valence-electron chi connectivity index (χ2n) is 7.70. The van der Waals surface area contributed by atoms with E-state index in [2.05, 4.69) is 41.3 Å². The van der Waals surface area contributed by atoms with E-state index in [0.717, 1.165) is 0 Å². The van der Waals surface area contributed by atoms with Gasteiger partial charge in [0.15, 0.2) is 5.82 Å². The number of benzene rings is 1. The minimum absolute atomic E-state index is 0.281. The molecule has 5 rings (SSSR count). The molecule has 14 heteroatoms. The van der Waals surface area contributed by atoms with Gasteiger partial charge in [-0.05, 0) is 41.1 Å². The minimum Gasteiger partial charge on any atom is -0.394 e. The fraction of sp³-hybridized carbons (Fsp3) is 0.350. The summed E-state index contributed by atoms with van der Waals surface area (Å²) in [7, 11) is 0. The predicted molar refractivity (Wildman–Crippen MR) is 126 cm³/mol. The summed E-state index contributed by atoms with van der Waals surface area (Å²) in [5.41, 5.74) is 1.09. The van der Waals surface area contributed by atoms with Crippen LogP contribution in [0, 0.1) is 6.92 Å². The van der Waals surface area contributed by atoms with Crippen molar-refractivity contribution in [3.8, 4) is 16.4 Å². The van der Waals surface area contributed by atoms with Crippen LogP contribution >= 0.6 is 38.9 Å². The molecule has 34 heavy (non-hydrogen) atoms. The monoisotopic (exact) mass is 567 g/mol. The molecule has 3 N–H and O–H groups in total. The first-order valence-corrected chi connectivity index (χ1v) is 12.3. The number of aliphatic hydroxyl groups is 3. The summed E-state index contributed by atoms with van der Waals surface area (Å²) in [5, 5.41) is 47.9. The van der Waals surface area contributed by atoms with Gasteiger partial charge in [-0.3, -0.25) is 0 Å². The van der Waals surface area contributed by atoms with Crippen LogP contribution in [0.15, 0.2) is 40.4 Å². The summed E-state index contributed by atoms with van der Waals surface area (Å²) < 4.78 is 9.52. The summed E-state index contributed by atoms with van der Waals surface area (Å²) in [6, 6.07) is 4.22. The van der Waals surface area contributed by atoms with Crippen molar-refractivity contribution in [3.05, 3.63) is 57.1 Å². The molecular formula is C20H19BrClN7O4S. The van der Waals surface area contributed by atoms with Crippen molar-refractivity contribution in [1.82, 2.24) is 34.7 Å². The van der Waals surface area contributed by atoms with Gasteiger partial charge in [0, 0.05) is 21.1 Å². The Hall–Kier alpha value is -2.26. The zero-order valence-electron chi connectivity index (χ0n) is 17.6. The standard InChI is InChI=1S/C20H19BrClN7O4S/c1-9-24-19(29(26-9)13-6-10(22)2-3-11(13)21)18-17(32)15(16(31)14(8-30)33-18)28-7-12(25-27-28)20-23-4-5-34-20/h2-7,14-18,30-32H,8H2,1H3/t14-,15+,16+,17-,18-/m0/s1. The number of ether oxygens (including phenoxy) is 1. The Morgan fingerprint density at radius 2 is 2.09 bits per heavy atom. The normalized spacial score (nSPS) is 25.1. The molecule has 1 aliphatic rings. The molecule has 178 valence electrons. The molecule has 1 aliphatic heterocycles. The number of aromatic nitrogens is 7. The third kappa shape index (κ3) is 4.17. The first kappa shape index (κ1) is 23.5. The van der Waals surface area contributed by atoms with Crippen LogP contribution in [-0.2, 0) is 4.74 Å². The van der Waals surface area contributed by atoms with Crippen molar-refractivity contribution in [3.63, 3.8) is 0 Å². The van der Waals surface area contributed by atoms with Crippen LogP contribution in [0.2, 0.25) is 5.02 Å². The van der Waals surface area contributed by atoms with Crippen molar-refractivity contribution in [2.24, 2.45) is 0 Å². The first-order chi connectivity index (χ1) is 16.4. The molecule has 0 unspecified atom stereocenters. The van der Waals surface area contributed by atoms with E-state index >= 15 is 0 Å². The number of halogens is 2. The maximum Gasteiger partial charge on any atom is 0.164 e. The number of rotatable bonds is 5. The summed E-state index contributed by atoms with van der Waals surface area (Å²) in [5.74, 6) is 0.719. The minimum atomic E-state index is -1.30. The van der Waals surface area contributed by atoms with E-state index in [1.165, 1.54) is 20.7 Å².